The first-order valence-electron chi connectivity index (χ1n) is 8.64. The number of ether oxygens (including phenoxy) is 2. The zero-order valence-corrected chi connectivity index (χ0v) is 14.5. The number of hydrogen-bond acceptors (Lipinski definition) is 4. The molecule has 132 valence electrons. The molecule has 1 amide bonds. The first-order valence-corrected chi connectivity index (χ1v) is 8.64. The van der Waals surface area contributed by atoms with Gasteiger partial charge in [-0.25, -0.2) is 0 Å². The van der Waals surface area contributed by atoms with Gasteiger partial charge in [-0.2, -0.15) is 0 Å². The number of para-hydroxylation sites is 1. The molecule has 1 aliphatic heterocycles. The van der Waals surface area contributed by atoms with Crippen LogP contribution < -0.4 is 19.7 Å². The van der Waals surface area contributed by atoms with Gasteiger partial charge in [-0.1, -0.05) is 24.3 Å². The summed E-state index contributed by atoms with van der Waals surface area (Å²) >= 11 is 0. The van der Waals surface area contributed by atoms with E-state index in [4.69, 9.17) is 9.47 Å². The summed E-state index contributed by atoms with van der Waals surface area (Å²) in [4.78, 5) is 14.2. The molecule has 3 rings (SSSR count). The molecule has 0 saturated heterocycles. The topological polar surface area (TPSA) is 50.8 Å². The summed E-state index contributed by atoms with van der Waals surface area (Å²) in [7, 11) is 2.07. The summed E-state index contributed by atoms with van der Waals surface area (Å²) in [5, 5.41) is 2.99. The van der Waals surface area contributed by atoms with E-state index in [1.807, 2.05) is 36.4 Å². The lowest BCUT2D eigenvalue weighted by Gasteiger charge is -2.19. The number of rotatable bonds is 8. The minimum Gasteiger partial charge on any atom is -0.454 e. The van der Waals surface area contributed by atoms with Crippen LogP contribution in [0.25, 0.3) is 0 Å². The highest BCUT2D eigenvalue weighted by molar-refractivity contribution is 5.76. The summed E-state index contributed by atoms with van der Waals surface area (Å²) in [6.45, 7) is 1.88. The highest BCUT2D eigenvalue weighted by Gasteiger charge is 2.13. The second-order valence-electron chi connectivity index (χ2n) is 6.15. The highest BCUT2D eigenvalue weighted by Crippen LogP contribution is 2.32. The fraction of sp³-hybridized carbons (Fsp3) is 0.350. The summed E-state index contributed by atoms with van der Waals surface area (Å²) < 4.78 is 10.6. The lowest BCUT2D eigenvalue weighted by atomic mass is 10.1. The van der Waals surface area contributed by atoms with E-state index in [-0.39, 0.29) is 12.7 Å². The molecule has 0 aliphatic carbocycles. The summed E-state index contributed by atoms with van der Waals surface area (Å²) in [5.41, 5.74) is 2.28. The van der Waals surface area contributed by atoms with Gasteiger partial charge in [0, 0.05) is 32.2 Å². The molecule has 0 spiro atoms. The fourth-order valence-electron chi connectivity index (χ4n) is 2.80. The Labute approximate surface area is 148 Å². The fourth-order valence-corrected chi connectivity index (χ4v) is 2.80. The van der Waals surface area contributed by atoms with Crippen molar-refractivity contribution in [1.82, 2.24) is 5.32 Å². The van der Waals surface area contributed by atoms with Crippen LogP contribution >= 0.6 is 0 Å². The van der Waals surface area contributed by atoms with E-state index in [0.717, 1.165) is 30.0 Å². The third-order valence-corrected chi connectivity index (χ3v) is 4.27. The summed E-state index contributed by atoms with van der Waals surface area (Å²) in [6.07, 6.45) is 2.10. The van der Waals surface area contributed by atoms with E-state index < -0.39 is 0 Å². The second kappa shape index (κ2) is 8.42. The number of anilines is 1. The van der Waals surface area contributed by atoms with E-state index in [9.17, 15) is 4.79 Å². The molecule has 0 fully saturated rings. The highest BCUT2D eigenvalue weighted by atomic mass is 16.7. The maximum Gasteiger partial charge on any atom is 0.231 e. The first-order chi connectivity index (χ1) is 12.2. The Balaban J connectivity index is 1.33. The standard InChI is InChI=1S/C20H24N2O3/c1-22(17-6-3-2-4-7-17)13-5-12-21-20(23)11-9-16-8-10-18-19(14-16)25-15-24-18/h2-4,6-8,10,14H,5,9,11-13,15H2,1H3,(H,21,23). The normalized spacial score (nSPS) is 12.0. The van der Waals surface area contributed by atoms with Gasteiger partial charge in [0.25, 0.3) is 0 Å². The van der Waals surface area contributed by atoms with Crippen molar-refractivity contribution in [2.75, 3.05) is 31.8 Å². The number of aryl methyl sites for hydroxylation is 1. The van der Waals surface area contributed by atoms with Crippen LogP contribution in [0.2, 0.25) is 0 Å². The van der Waals surface area contributed by atoms with Gasteiger partial charge in [-0.05, 0) is 42.7 Å². The zero-order chi connectivity index (χ0) is 17.5. The van der Waals surface area contributed by atoms with Crippen LogP contribution in [0.4, 0.5) is 5.69 Å². The Morgan fingerprint density at radius 2 is 1.92 bits per heavy atom. The van der Waals surface area contributed by atoms with Gasteiger partial charge < -0.3 is 19.7 Å². The molecule has 0 saturated carbocycles. The Kier molecular flexibility index (Phi) is 5.77. The molecule has 0 unspecified atom stereocenters. The van der Waals surface area contributed by atoms with E-state index in [0.29, 0.717) is 19.4 Å². The molecular formula is C20H24N2O3. The van der Waals surface area contributed by atoms with Gasteiger partial charge in [0.05, 0.1) is 0 Å². The lowest BCUT2D eigenvalue weighted by molar-refractivity contribution is -0.121. The molecule has 1 heterocycles. The van der Waals surface area contributed by atoms with Gasteiger partial charge in [-0.15, -0.1) is 0 Å². The van der Waals surface area contributed by atoms with Crippen LogP contribution in [0.3, 0.4) is 0 Å². The van der Waals surface area contributed by atoms with Crippen LogP contribution in [0, 0.1) is 0 Å². The van der Waals surface area contributed by atoms with Gasteiger partial charge in [0.15, 0.2) is 11.5 Å². The Morgan fingerprint density at radius 3 is 2.76 bits per heavy atom. The molecule has 0 aromatic heterocycles. The number of nitrogens with zero attached hydrogens (tertiary/aromatic N) is 1. The molecule has 2 aromatic carbocycles. The molecular weight excluding hydrogens is 316 g/mol. The van der Waals surface area contributed by atoms with Crippen LogP contribution in [0.1, 0.15) is 18.4 Å². The molecule has 0 radical (unpaired) electrons. The molecule has 25 heavy (non-hydrogen) atoms. The third-order valence-electron chi connectivity index (χ3n) is 4.27. The second-order valence-corrected chi connectivity index (χ2v) is 6.15. The average molecular weight is 340 g/mol. The van der Waals surface area contributed by atoms with E-state index in [2.05, 4.69) is 29.4 Å². The van der Waals surface area contributed by atoms with Crippen molar-refractivity contribution in [3.8, 4) is 11.5 Å². The number of fused-ring (bicyclic) bond motifs is 1. The SMILES string of the molecule is CN(CCCNC(=O)CCc1ccc2c(c1)OCO2)c1ccccc1. The maximum absolute atomic E-state index is 12.0. The van der Waals surface area contributed by atoms with Crippen molar-refractivity contribution < 1.29 is 14.3 Å². The number of carbonyl (C=O) groups is 1. The first kappa shape index (κ1) is 17.1. The average Bonchev–Trinajstić information content (AvgIpc) is 3.12. The van der Waals surface area contributed by atoms with E-state index in [1.165, 1.54) is 5.69 Å². The largest absolute Gasteiger partial charge is 0.454 e. The van der Waals surface area contributed by atoms with Crippen molar-refractivity contribution in [3.63, 3.8) is 0 Å². The Bertz CT molecular complexity index is 703. The van der Waals surface area contributed by atoms with Crippen LogP contribution in [-0.4, -0.2) is 32.8 Å². The third kappa shape index (κ3) is 4.89. The predicted octanol–water partition coefficient (Wildman–Crippen LogP) is 2.99. The Hall–Kier alpha value is -2.69. The molecule has 1 aliphatic rings. The molecule has 0 bridgehead atoms. The zero-order valence-electron chi connectivity index (χ0n) is 14.5. The molecule has 1 N–H and O–H groups in total. The quantitative estimate of drug-likeness (QED) is 0.751. The lowest BCUT2D eigenvalue weighted by Crippen LogP contribution is -2.28. The number of amides is 1. The van der Waals surface area contributed by atoms with E-state index >= 15 is 0 Å². The minimum absolute atomic E-state index is 0.0834. The van der Waals surface area contributed by atoms with Crippen molar-refractivity contribution in [2.45, 2.75) is 19.3 Å². The van der Waals surface area contributed by atoms with Gasteiger partial charge >= 0.3 is 0 Å². The number of benzene rings is 2. The molecule has 5 heteroatoms. The van der Waals surface area contributed by atoms with Crippen LogP contribution in [0.5, 0.6) is 11.5 Å². The summed E-state index contributed by atoms with van der Waals surface area (Å²) in [5.74, 6) is 1.62. The van der Waals surface area contributed by atoms with Gasteiger partial charge in [0.2, 0.25) is 12.7 Å². The maximum atomic E-state index is 12.0. The van der Waals surface area contributed by atoms with Crippen molar-refractivity contribution in [2.24, 2.45) is 0 Å². The van der Waals surface area contributed by atoms with Crippen molar-refractivity contribution >= 4 is 11.6 Å². The smallest absolute Gasteiger partial charge is 0.231 e. The summed E-state index contributed by atoms with van der Waals surface area (Å²) in [6, 6.07) is 16.1. The number of hydrogen-bond donors (Lipinski definition) is 1. The number of nitrogens with one attached hydrogen (secondary N) is 1. The number of carbonyl (C=O) groups excluding carboxylic acids is 1. The molecule has 0 atom stereocenters. The molecule has 2 aromatic rings. The van der Waals surface area contributed by atoms with E-state index in [1.54, 1.807) is 0 Å². The molecule has 5 nitrogen and oxygen atoms in total. The Morgan fingerprint density at radius 1 is 1.12 bits per heavy atom. The minimum atomic E-state index is 0.0834. The van der Waals surface area contributed by atoms with Crippen molar-refractivity contribution in [1.29, 1.82) is 0 Å². The van der Waals surface area contributed by atoms with Crippen molar-refractivity contribution in [3.05, 3.63) is 54.1 Å². The monoisotopic (exact) mass is 340 g/mol. The predicted molar refractivity (Wildman–Crippen MR) is 98.2 cm³/mol. The van der Waals surface area contributed by atoms with Gasteiger partial charge in [-0.3, -0.25) is 4.79 Å². The van der Waals surface area contributed by atoms with Crippen LogP contribution in [0.15, 0.2) is 48.5 Å². The van der Waals surface area contributed by atoms with Crippen LogP contribution in [-0.2, 0) is 11.2 Å². The van der Waals surface area contributed by atoms with Gasteiger partial charge in [0.1, 0.15) is 0 Å².